The molecule has 0 aromatic heterocycles. The molecule has 3 N–H and O–H groups in total. The second-order valence-corrected chi connectivity index (χ2v) is 22.3. The van der Waals surface area contributed by atoms with Gasteiger partial charge in [0.2, 0.25) is 0 Å². The van der Waals surface area contributed by atoms with Gasteiger partial charge in [0.1, 0.15) is 0 Å². The summed E-state index contributed by atoms with van der Waals surface area (Å²) in [5, 5.41) is 61.8. The van der Waals surface area contributed by atoms with Crippen molar-refractivity contribution in [3.63, 3.8) is 0 Å². The molecule has 0 bridgehead atoms. The summed E-state index contributed by atoms with van der Waals surface area (Å²) in [6.07, 6.45) is 15.3. The van der Waals surface area contributed by atoms with Crippen molar-refractivity contribution in [2.24, 2.45) is 85.8 Å². The van der Waals surface area contributed by atoms with Crippen LogP contribution in [0.5, 0.6) is 0 Å². The molecule has 9 fully saturated rings. The van der Waals surface area contributed by atoms with Crippen LogP contribution in [0, 0.1) is 120 Å². The molecule has 0 amide bonds. The van der Waals surface area contributed by atoms with Gasteiger partial charge in [-0.3, -0.25) is 0 Å². The number of hydrogen-bond acceptors (Lipinski definition) is 6. The molecule has 18 atom stereocenters. The van der Waals surface area contributed by atoms with E-state index in [0.717, 1.165) is 96.3 Å². The summed E-state index contributed by atoms with van der Waals surface area (Å²) >= 11 is 0. The highest BCUT2D eigenvalue weighted by atomic mass is 16.3. The van der Waals surface area contributed by atoms with Crippen LogP contribution >= 0.6 is 0 Å². The molecule has 0 unspecified atom stereocenters. The fourth-order valence-electron chi connectivity index (χ4n) is 14.6. The van der Waals surface area contributed by atoms with Crippen molar-refractivity contribution in [1.82, 2.24) is 0 Å². The second kappa shape index (κ2) is 11.4. The normalized spacial score (nSPS) is 61.0. The minimum absolute atomic E-state index is 0.108. The largest absolute Gasteiger partial charge is 0.389 e. The molecule has 6 heteroatoms. The highest BCUT2D eigenvalue weighted by Gasteiger charge is 2.73. The molecule has 282 valence electrons. The van der Waals surface area contributed by atoms with E-state index in [1.54, 1.807) is 0 Å². The van der Waals surface area contributed by atoms with Gasteiger partial charge in [0, 0.05) is 0 Å². The molecule has 0 saturated heterocycles. The van der Waals surface area contributed by atoms with Gasteiger partial charge in [-0.25, -0.2) is 0 Å². The number of hydrogen-bond donors (Lipinski definition) is 3. The van der Waals surface area contributed by atoms with Gasteiger partial charge >= 0.3 is 0 Å². The van der Waals surface area contributed by atoms with Crippen molar-refractivity contribution < 1.29 is 15.3 Å². The Morgan fingerprint density at radius 2 is 0.647 bits per heavy atom. The van der Waals surface area contributed by atoms with Crippen molar-refractivity contribution in [3.8, 4) is 18.2 Å². The van der Waals surface area contributed by atoms with Gasteiger partial charge in [0.05, 0.1) is 51.3 Å². The maximum absolute atomic E-state index is 11.1. The molecule has 0 spiro atoms. The monoisotopic (exact) mass is 700 g/mol. The molecule has 0 radical (unpaired) electrons. The van der Waals surface area contributed by atoms with E-state index in [9.17, 15) is 31.1 Å². The van der Waals surface area contributed by atoms with Crippen molar-refractivity contribution in [3.05, 3.63) is 0 Å². The Bertz CT molecular complexity index is 1380. The minimum atomic E-state index is -0.480. The highest BCUT2D eigenvalue weighted by Crippen LogP contribution is 2.74. The zero-order valence-electron chi connectivity index (χ0n) is 33.5. The van der Waals surface area contributed by atoms with Crippen LogP contribution in [0.3, 0.4) is 0 Å². The van der Waals surface area contributed by atoms with Crippen LogP contribution in [0.1, 0.15) is 159 Å². The van der Waals surface area contributed by atoms with Gasteiger partial charge in [0.15, 0.2) is 0 Å². The molecule has 6 nitrogen and oxygen atoms in total. The van der Waals surface area contributed by atoms with E-state index < -0.39 is 16.8 Å². The number of aliphatic hydroxyl groups is 3. The van der Waals surface area contributed by atoms with E-state index in [4.69, 9.17) is 0 Å². The third-order valence-corrected chi connectivity index (χ3v) is 19.0. The van der Waals surface area contributed by atoms with Gasteiger partial charge in [-0.15, -0.1) is 0 Å². The molecular formula is C45H69N3O3. The van der Waals surface area contributed by atoms with Crippen LogP contribution in [0.4, 0.5) is 0 Å². The van der Waals surface area contributed by atoms with E-state index in [1.165, 1.54) is 0 Å². The Balaban J connectivity index is 0.000000119. The van der Waals surface area contributed by atoms with E-state index in [0.29, 0.717) is 53.3 Å². The van der Waals surface area contributed by atoms with E-state index in [-0.39, 0.29) is 32.5 Å². The molecular weight excluding hydrogens is 631 g/mol. The number of nitriles is 3. The standard InChI is InChI=1S/3C15H23NO/c3*1-10-4-5-15(17)12(10)8-13(2,9-16)6-11-7-14(11,15)3/h3*10-12,17H,4-8H2,1-3H3/t3*10-,11+,12-,13-,14-,15+/m111/s1. The highest BCUT2D eigenvalue weighted by molar-refractivity contribution is 5.24. The molecule has 0 aromatic carbocycles. The Morgan fingerprint density at radius 3 is 0.863 bits per heavy atom. The van der Waals surface area contributed by atoms with E-state index >= 15 is 0 Å². The van der Waals surface area contributed by atoms with Crippen LogP contribution in [0.25, 0.3) is 0 Å². The quantitative estimate of drug-likeness (QED) is 0.231. The van der Waals surface area contributed by atoms with Gasteiger partial charge in [-0.05, 0) is 187 Å². The number of nitrogens with zero attached hydrogens (tertiary/aromatic N) is 3. The fourth-order valence-corrected chi connectivity index (χ4v) is 14.6. The van der Waals surface area contributed by atoms with Crippen molar-refractivity contribution in [1.29, 1.82) is 15.8 Å². The molecule has 9 rings (SSSR count). The molecule has 0 heterocycles. The van der Waals surface area contributed by atoms with Gasteiger partial charge in [0.25, 0.3) is 0 Å². The Kier molecular flexibility index (Phi) is 8.45. The molecule has 0 aliphatic heterocycles. The number of fused-ring (bicyclic) bond motifs is 9. The first-order valence-corrected chi connectivity index (χ1v) is 20.9. The molecule has 0 aromatic rings. The van der Waals surface area contributed by atoms with Crippen molar-refractivity contribution in [2.75, 3.05) is 0 Å². The average molecular weight is 700 g/mol. The Labute approximate surface area is 309 Å². The summed E-state index contributed by atoms with van der Waals surface area (Å²) in [7, 11) is 0. The van der Waals surface area contributed by atoms with Crippen LogP contribution in [-0.4, -0.2) is 32.1 Å². The lowest BCUT2D eigenvalue weighted by Crippen LogP contribution is -2.43. The Morgan fingerprint density at radius 1 is 0.412 bits per heavy atom. The second-order valence-electron chi connectivity index (χ2n) is 22.3. The zero-order valence-corrected chi connectivity index (χ0v) is 33.5. The smallest absolute Gasteiger partial charge is 0.0735 e. The first-order chi connectivity index (χ1) is 23.5. The topological polar surface area (TPSA) is 132 Å². The summed E-state index contributed by atoms with van der Waals surface area (Å²) in [4.78, 5) is 0. The number of rotatable bonds is 0. The van der Waals surface area contributed by atoms with Crippen LogP contribution in [-0.2, 0) is 0 Å². The Hall–Kier alpha value is -1.65. The van der Waals surface area contributed by atoms with E-state index in [2.05, 4.69) is 80.5 Å². The van der Waals surface area contributed by atoms with Crippen molar-refractivity contribution >= 4 is 0 Å². The molecule has 9 saturated carbocycles. The van der Waals surface area contributed by atoms with Crippen molar-refractivity contribution in [2.45, 2.75) is 175 Å². The minimum Gasteiger partial charge on any atom is -0.389 e. The molecule has 9 aliphatic rings. The zero-order chi connectivity index (χ0) is 37.4. The van der Waals surface area contributed by atoms with Gasteiger partial charge < -0.3 is 15.3 Å². The summed E-state index contributed by atoms with van der Waals surface area (Å²) in [6, 6.07) is 7.60. The summed E-state index contributed by atoms with van der Waals surface area (Å²) in [5.41, 5.74) is -1.75. The summed E-state index contributed by atoms with van der Waals surface area (Å²) in [5.74, 6) is 4.46. The summed E-state index contributed by atoms with van der Waals surface area (Å²) < 4.78 is 0. The van der Waals surface area contributed by atoms with Crippen LogP contribution < -0.4 is 0 Å². The lowest BCUT2D eigenvalue weighted by atomic mass is 9.71. The predicted molar refractivity (Wildman–Crippen MR) is 198 cm³/mol. The predicted octanol–water partition coefficient (Wildman–Crippen LogP) is 9.34. The van der Waals surface area contributed by atoms with E-state index in [1.807, 2.05) is 0 Å². The summed E-state index contributed by atoms with van der Waals surface area (Å²) in [6.45, 7) is 19.8. The average Bonchev–Trinajstić information content (AvgIpc) is 4.00. The van der Waals surface area contributed by atoms with Gasteiger partial charge in [-0.1, -0.05) is 41.5 Å². The molecule has 51 heavy (non-hydrogen) atoms. The lowest BCUT2D eigenvalue weighted by molar-refractivity contribution is -0.0708. The van der Waals surface area contributed by atoms with Crippen LogP contribution in [0.2, 0.25) is 0 Å². The van der Waals surface area contributed by atoms with Gasteiger partial charge in [-0.2, -0.15) is 15.8 Å². The first kappa shape index (κ1) is 37.7. The third-order valence-electron chi connectivity index (χ3n) is 19.0. The maximum Gasteiger partial charge on any atom is 0.0735 e. The molecule has 9 aliphatic carbocycles. The first-order valence-electron chi connectivity index (χ1n) is 20.9. The SMILES string of the molecule is C[C@@H]1CC[C@]2(O)[C@@H]1C[C@](C)(C#N)C[C@H]1C[C@]12C.C[C@@H]1CC[C@]2(O)[C@@H]1C[C@](C)(C#N)C[C@H]1C[C@]12C.C[C@@H]1CC[C@]2(O)[C@@H]1C[C@](C)(C#N)C[C@H]1C[C@]12C. The lowest BCUT2D eigenvalue weighted by Gasteiger charge is -2.38. The third kappa shape index (κ3) is 5.35. The van der Waals surface area contributed by atoms with Crippen LogP contribution in [0.15, 0.2) is 0 Å². The maximum atomic E-state index is 11.1. The fraction of sp³-hybridized carbons (Fsp3) is 0.933.